The van der Waals surface area contributed by atoms with Gasteiger partial charge in [-0.3, -0.25) is 24.5 Å². The second kappa shape index (κ2) is 23.8. The lowest BCUT2D eigenvalue weighted by Crippen LogP contribution is -2.57. The topological polar surface area (TPSA) is 216 Å². The molecule has 1 fully saturated rings. The van der Waals surface area contributed by atoms with Crippen molar-refractivity contribution in [3.05, 3.63) is 177 Å². The number of rotatable bonds is 17. The fraction of sp³-hybridized carbons (Fsp3) is 0.302. The Morgan fingerprint density at radius 3 is 2.32 bits per heavy atom. The lowest BCUT2D eigenvalue weighted by atomic mass is 9.85. The molecule has 416 valence electrons. The number of fused-ring (bicyclic) bond motifs is 2. The maximum absolute atomic E-state index is 14.3. The molecule has 2 aliphatic heterocycles. The van der Waals surface area contributed by atoms with Crippen LogP contribution < -0.4 is 25.6 Å². The van der Waals surface area contributed by atoms with Gasteiger partial charge in [0.1, 0.15) is 30.3 Å². The molecule has 4 atom stereocenters. The molecule has 5 heterocycles. The van der Waals surface area contributed by atoms with Crippen molar-refractivity contribution in [1.82, 2.24) is 30.5 Å². The van der Waals surface area contributed by atoms with Crippen LogP contribution in [0.25, 0.3) is 31.8 Å². The molecule has 0 spiro atoms. The minimum Gasteiger partial charge on any atom is -0.489 e. The number of aromatic carboxylic acids is 1. The summed E-state index contributed by atoms with van der Waals surface area (Å²) in [6.07, 6.45) is 0.358. The van der Waals surface area contributed by atoms with Crippen LogP contribution in [0.1, 0.15) is 106 Å². The second-order valence-corrected chi connectivity index (χ2v) is 23.7. The van der Waals surface area contributed by atoms with E-state index in [1.165, 1.54) is 16.2 Å². The Morgan fingerprint density at radius 1 is 0.840 bits per heavy atom. The average Bonchev–Trinajstić information content (AvgIpc) is 4.33. The summed E-state index contributed by atoms with van der Waals surface area (Å²) in [4.78, 5) is 86.4. The molecule has 81 heavy (non-hydrogen) atoms. The van der Waals surface area contributed by atoms with E-state index >= 15 is 0 Å². The number of nitrogens with zero attached hydrogens (tertiary/aromatic N) is 5. The van der Waals surface area contributed by atoms with Crippen molar-refractivity contribution in [3.8, 4) is 27.3 Å². The van der Waals surface area contributed by atoms with Crippen LogP contribution in [-0.2, 0) is 40.4 Å². The number of hydrogen-bond acceptors (Lipinski definition) is 13. The normalized spacial score (nSPS) is 15.9. The van der Waals surface area contributed by atoms with Gasteiger partial charge in [-0.25, -0.2) is 19.7 Å². The number of para-hydroxylation sites is 1. The molecule has 0 aliphatic carbocycles. The summed E-state index contributed by atoms with van der Waals surface area (Å²) in [5.41, 5.74) is 10.8. The molecule has 5 aromatic carbocycles. The second-order valence-electron chi connectivity index (χ2n) is 21.8. The van der Waals surface area contributed by atoms with E-state index in [0.717, 1.165) is 59.7 Å². The van der Waals surface area contributed by atoms with E-state index in [9.17, 15) is 34.2 Å². The quantitative estimate of drug-likeness (QED) is 0.0576. The maximum atomic E-state index is 14.3. The number of pyridine rings is 1. The number of carboxylic acid groups (broad SMARTS) is 1. The SMILES string of the molecule is Cc1ncsc1-c1ccc([C@H](C)NC(=O)[C@@H]2C[C@@H](O)CN2C(=O)C(NC(=O)CCc2ccc(COc3cccc(-c4ccc(N5CCc6cccc(C(=O)Nc7nc8ccccc8s7)c6C5)nc4C(=O)O)c3C)cc2)C(C)(C)C)cc1. The number of thiazole rings is 2. The van der Waals surface area contributed by atoms with Crippen molar-refractivity contribution in [3.63, 3.8) is 0 Å². The summed E-state index contributed by atoms with van der Waals surface area (Å²) in [5.74, 6) is -1.47. The van der Waals surface area contributed by atoms with E-state index in [0.29, 0.717) is 59.3 Å². The van der Waals surface area contributed by atoms with Crippen LogP contribution in [0, 0.1) is 19.3 Å². The summed E-state index contributed by atoms with van der Waals surface area (Å²) in [6.45, 7) is 12.5. The monoisotopic (exact) mass is 1120 g/mol. The fourth-order valence-electron chi connectivity index (χ4n) is 10.6. The molecule has 0 bridgehead atoms. The number of aromatic nitrogens is 3. The van der Waals surface area contributed by atoms with Crippen LogP contribution in [0.15, 0.2) is 127 Å². The highest BCUT2D eigenvalue weighted by atomic mass is 32.1. The number of carbonyl (C=O) groups is 5. The van der Waals surface area contributed by atoms with Gasteiger partial charge in [0, 0.05) is 43.6 Å². The highest BCUT2D eigenvalue weighted by Gasteiger charge is 2.45. The first-order valence-corrected chi connectivity index (χ1v) is 28.7. The number of β-amino-alcohol motifs (C(OH)–C–C–N with tert-alkyl or cyclic N) is 1. The van der Waals surface area contributed by atoms with Gasteiger partial charge >= 0.3 is 5.97 Å². The lowest BCUT2D eigenvalue weighted by Gasteiger charge is -2.35. The fourth-order valence-corrected chi connectivity index (χ4v) is 12.3. The Kier molecular flexibility index (Phi) is 16.4. The third-order valence-electron chi connectivity index (χ3n) is 15.1. The Labute approximate surface area is 478 Å². The zero-order valence-electron chi connectivity index (χ0n) is 46.0. The maximum Gasteiger partial charge on any atom is 0.355 e. The van der Waals surface area contributed by atoms with Crippen molar-refractivity contribution in [2.75, 3.05) is 23.3 Å². The van der Waals surface area contributed by atoms with Crippen molar-refractivity contribution >= 4 is 73.4 Å². The number of hydrogen-bond donors (Lipinski definition) is 5. The Morgan fingerprint density at radius 2 is 1.59 bits per heavy atom. The molecule has 0 saturated carbocycles. The van der Waals surface area contributed by atoms with Gasteiger partial charge in [-0.2, -0.15) is 0 Å². The van der Waals surface area contributed by atoms with Gasteiger partial charge in [0.25, 0.3) is 5.91 Å². The molecule has 3 aromatic heterocycles. The zero-order valence-corrected chi connectivity index (χ0v) is 47.6. The summed E-state index contributed by atoms with van der Waals surface area (Å²) in [6, 6.07) is 36.0. The van der Waals surface area contributed by atoms with Gasteiger partial charge < -0.3 is 35.4 Å². The van der Waals surface area contributed by atoms with Gasteiger partial charge in [0.05, 0.1) is 38.4 Å². The number of aliphatic hydroxyl groups excluding tert-OH is 1. The number of ether oxygens (including phenoxy) is 1. The summed E-state index contributed by atoms with van der Waals surface area (Å²) in [5, 5.41) is 30.8. The molecule has 8 aromatic rings. The van der Waals surface area contributed by atoms with Crippen LogP contribution in [0.4, 0.5) is 10.9 Å². The van der Waals surface area contributed by atoms with Crippen LogP contribution in [0.5, 0.6) is 5.75 Å². The van der Waals surface area contributed by atoms with Crippen molar-refractivity contribution in [2.24, 2.45) is 5.41 Å². The molecular weight excluding hydrogens is 1060 g/mol. The molecule has 2 aliphatic rings. The van der Waals surface area contributed by atoms with Crippen LogP contribution >= 0.6 is 22.7 Å². The van der Waals surface area contributed by atoms with Crippen molar-refractivity contribution < 1.29 is 38.9 Å². The Hall–Kier alpha value is -8.32. The molecule has 16 nitrogen and oxygen atoms in total. The predicted octanol–water partition coefficient (Wildman–Crippen LogP) is 10.5. The van der Waals surface area contributed by atoms with E-state index in [1.807, 2.05) is 161 Å². The van der Waals surface area contributed by atoms with E-state index in [4.69, 9.17) is 9.72 Å². The summed E-state index contributed by atoms with van der Waals surface area (Å²) >= 11 is 2.98. The number of anilines is 2. The number of benzene rings is 5. The molecule has 10 rings (SSSR count). The third-order valence-corrected chi connectivity index (χ3v) is 17.1. The minimum absolute atomic E-state index is 0.0233. The van der Waals surface area contributed by atoms with Gasteiger partial charge in [0.2, 0.25) is 17.7 Å². The van der Waals surface area contributed by atoms with E-state index in [-0.39, 0.29) is 55.5 Å². The number of aliphatic hydroxyl groups is 1. The molecule has 0 radical (unpaired) electrons. The first-order valence-electron chi connectivity index (χ1n) is 27.0. The minimum atomic E-state index is -1.17. The number of carboxylic acids is 1. The first-order chi connectivity index (χ1) is 38.9. The summed E-state index contributed by atoms with van der Waals surface area (Å²) < 4.78 is 7.31. The third kappa shape index (κ3) is 12.5. The van der Waals surface area contributed by atoms with Gasteiger partial charge in [-0.05, 0) is 120 Å². The largest absolute Gasteiger partial charge is 0.489 e. The lowest BCUT2D eigenvalue weighted by molar-refractivity contribution is -0.144. The number of aryl methyl sites for hydroxylation is 2. The van der Waals surface area contributed by atoms with E-state index in [1.54, 1.807) is 23.5 Å². The highest BCUT2D eigenvalue weighted by Crippen LogP contribution is 2.36. The van der Waals surface area contributed by atoms with Crippen LogP contribution in [-0.4, -0.2) is 90.9 Å². The molecule has 1 unspecified atom stereocenters. The number of carbonyl (C=O) groups excluding carboxylic acids is 4. The Bertz CT molecular complexity index is 3630. The van der Waals surface area contributed by atoms with Crippen LogP contribution in [0.2, 0.25) is 0 Å². The molecule has 18 heteroatoms. The summed E-state index contributed by atoms with van der Waals surface area (Å²) in [7, 11) is 0. The predicted molar refractivity (Wildman–Crippen MR) is 316 cm³/mol. The average molecular weight is 1130 g/mol. The van der Waals surface area contributed by atoms with Crippen molar-refractivity contribution in [2.45, 2.75) is 105 Å². The Balaban J connectivity index is 0.735. The molecule has 1 saturated heterocycles. The van der Waals surface area contributed by atoms with E-state index < -0.39 is 35.5 Å². The van der Waals surface area contributed by atoms with Crippen LogP contribution in [0.3, 0.4) is 0 Å². The van der Waals surface area contributed by atoms with E-state index in [2.05, 4.69) is 25.9 Å². The number of likely N-dealkylation sites (tertiary alicyclic amines) is 1. The van der Waals surface area contributed by atoms with Gasteiger partial charge in [0.15, 0.2) is 10.8 Å². The van der Waals surface area contributed by atoms with Gasteiger partial charge in [-0.15, -0.1) is 11.3 Å². The highest BCUT2D eigenvalue weighted by molar-refractivity contribution is 7.22. The molecular formula is C63H64N8O8S2. The molecule has 5 N–H and O–H groups in total. The zero-order chi connectivity index (χ0) is 57.1. The van der Waals surface area contributed by atoms with Crippen molar-refractivity contribution in [1.29, 1.82) is 0 Å². The molecule has 4 amide bonds. The first kappa shape index (κ1) is 56.0. The van der Waals surface area contributed by atoms with Gasteiger partial charge in [-0.1, -0.05) is 117 Å². The number of amides is 4. The standard InChI is InChI=1S/C63H64N8O8S2/c1-36-45(46-26-27-53(67-55(46)61(77)78)70-30-29-42-11-9-13-47(48(42)33-70)58(74)69-62-66-49-14-7-8-16-52(49)81-62)12-10-15-51(36)79-34-40-19-17-39(18-20-40)21-28-54(73)68-57(63(4,5)6)60(76)71-32-44(72)31-50(71)59(75)65-37(2)41-22-24-43(25-23-41)56-38(3)64-35-80-56/h7-20,22-27,35,37,44,50,57,72H,21,28-34H2,1-6H3,(H,65,75)(H,68,73)(H,77,78)(H,66,69,74)/t37-,44+,50-,57?/m0/s1. The number of nitrogens with one attached hydrogen (secondary N) is 3. The smallest absolute Gasteiger partial charge is 0.355 e.